The van der Waals surface area contributed by atoms with Gasteiger partial charge >= 0.3 is 6.09 Å². The molecule has 88 valence electrons. The van der Waals surface area contributed by atoms with Crippen LogP contribution in [0.5, 0.6) is 0 Å². The van der Waals surface area contributed by atoms with Crippen LogP contribution in [-0.4, -0.2) is 52.1 Å². The van der Waals surface area contributed by atoms with Gasteiger partial charge in [0.2, 0.25) is 0 Å². The van der Waals surface area contributed by atoms with Gasteiger partial charge in [-0.2, -0.15) is 0 Å². The summed E-state index contributed by atoms with van der Waals surface area (Å²) in [6.45, 7) is 2.76. The van der Waals surface area contributed by atoms with E-state index in [4.69, 9.17) is 9.47 Å². The highest BCUT2D eigenvalue weighted by atomic mass is 16.7. The highest BCUT2D eigenvalue weighted by Gasteiger charge is 2.87. The minimum atomic E-state index is -0.658. The molecule has 1 amide bonds. The van der Waals surface area contributed by atoms with E-state index in [1.165, 1.54) is 0 Å². The van der Waals surface area contributed by atoms with Crippen LogP contribution in [0.4, 0.5) is 4.79 Å². The molecule has 0 bridgehead atoms. The number of aliphatic hydroxyl groups is 1. The van der Waals surface area contributed by atoms with E-state index in [9.17, 15) is 9.90 Å². The Kier molecular flexibility index (Phi) is 1.38. The molecular weight excluding hydrogens is 210 g/mol. The van der Waals surface area contributed by atoms with Gasteiger partial charge in [-0.25, -0.2) is 4.79 Å². The van der Waals surface area contributed by atoms with Crippen molar-refractivity contribution in [2.24, 2.45) is 0 Å². The summed E-state index contributed by atoms with van der Waals surface area (Å²) in [6.07, 6.45) is 1.34. The zero-order valence-electron chi connectivity index (χ0n) is 9.18. The molecule has 0 unspecified atom stereocenters. The monoisotopic (exact) mass is 225 g/mol. The summed E-state index contributed by atoms with van der Waals surface area (Å²) >= 11 is 0. The summed E-state index contributed by atoms with van der Waals surface area (Å²) in [5, 5.41) is 10.3. The van der Waals surface area contributed by atoms with Crippen LogP contribution in [0, 0.1) is 0 Å². The van der Waals surface area contributed by atoms with Crippen molar-refractivity contribution in [3.63, 3.8) is 0 Å². The molecule has 4 fully saturated rings. The zero-order chi connectivity index (χ0) is 11.1. The fourth-order valence-corrected chi connectivity index (χ4v) is 4.21. The van der Waals surface area contributed by atoms with Crippen LogP contribution >= 0.6 is 0 Å². The van der Waals surface area contributed by atoms with Gasteiger partial charge in [-0.15, -0.1) is 0 Å². The van der Waals surface area contributed by atoms with Crippen LogP contribution < -0.4 is 0 Å². The molecule has 1 saturated carbocycles. The Morgan fingerprint density at radius 2 is 2.44 bits per heavy atom. The van der Waals surface area contributed by atoms with E-state index in [-0.39, 0.29) is 23.8 Å². The number of carbonyl (C=O) groups is 1. The third kappa shape index (κ3) is 0.667. The number of hydrogen-bond acceptors (Lipinski definition) is 4. The SMILES string of the molecule is CC[C@]12O[C@]13CCCN1C(=O)O[C@H]([C@H]2O)[C@@H]13. The van der Waals surface area contributed by atoms with Gasteiger partial charge in [0.15, 0.2) is 6.10 Å². The van der Waals surface area contributed by atoms with Gasteiger partial charge in [-0.3, -0.25) is 4.90 Å². The lowest BCUT2D eigenvalue weighted by atomic mass is 9.84. The number of epoxide rings is 1. The third-order valence-corrected chi connectivity index (χ3v) is 4.90. The first-order valence-electron chi connectivity index (χ1n) is 6.02. The van der Waals surface area contributed by atoms with Gasteiger partial charge in [0.1, 0.15) is 23.3 Å². The summed E-state index contributed by atoms with van der Waals surface area (Å²) in [4.78, 5) is 13.4. The van der Waals surface area contributed by atoms with Crippen LogP contribution in [0.2, 0.25) is 0 Å². The fourth-order valence-electron chi connectivity index (χ4n) is 4.21. The molecule has 1 N–H and O–H groups in total. The number of amides is 1. The Labute approximate surface area is 93.3 Å². The first-order valence-corrected chi connectivity index (χ1v) is 6.02. The highest BCUT2D eigenvalue weighted by molar-refractivity contribution is 5.73. The number of ether oxygens (including phenoxy) is 2. The van der Waals surface area contributed by atoms with Crippen molar-refractivity contribution < 1.29 is 19.4 Å². The van der Waals surface area contributed by atoms with Crippen LogP contribution in [0.25, 0.3) is 0 Å². The summed E-state index contributed by atoms with van der Waals surface area (Å²) < 4.78 is 11.2. The Hall–Kier alpha value is -0.810. The molecule has 4 aliphatic rings. The predicted octanol–water partition coefficient (Wildman–Crippen LogP) is 0.262. The van der Waals surface area contributed by atoms with Gasteiger partial charge < -0.3 is 14.6 Å². The smallest absolute Gasteiger partial charge is 0.410 e. The molecule has 0 radical (unpaired) electrons. The van der Waals surface area contributed by atoms with E-state index in [0.717, 1.165) is 25.8 Å². The predicted molar refractivity (Wildman–Crippen MR) is 52.8 cm³/mol. The van der Waals surface area contributed by atoms with Gasteiger partial charge in [0.25, 0.3) is 0 Å². The normalized spacial score (nSPS) is 57.0. The third-order valence-electron chi connectivity index (χ3n) is 4.90. The molecule has 0 aromatic heterocycles. The Balaban J connectivity index is 1.83. The van der Waals surface area contributed by atoms with Crippen LogP contribution in [0.15, 0.2) is 0 Å². The van der Waals surface area contributed by atoms with E-state index in [2.05, 4.69) is 0 Å². The van der Waals surface area contributed by atoms with Gasteiger partial charge in [0, 0.05) is 6.54 Å². The van der Waals surface area contributed by atoms with E-state index < -0.39 is 11.7 Å². The average molecular weight is 225 g/mol. The Bertz CT molecular complexity index is 386. The molecule has 1 aliphatic carbocycles. The van der Waals surface area contributed by atoms with E-state index in [1.807, 2.05) is 6.92 Å². The van der Waals surface area contributed by atoms with E-state index in [1.54, 1.807) is 4.90 Å². The second-order valence-corrected chi connectivity index (χ2v) is 5.27. The topological polar surface area (TPSA) is 62.3 Å². The lowest BCUT2D eigenvalue weighted by Crippen LogP contribution is -2.50. The zero-order valence-corrected chi connectivity index (χ0v) is 9.18. The molecule has 1 spiro atoms. The summed E-state index contributed by atoms with van der Waals surface area (Å²) in [5.74, 6) is 0. The quantitative estimate of drug-likeness (QED) is 0.650. The van der Waals surface area contributed by atoms with Crippen molar-refractivity contribution in [1.82, 2.24) is 4.90 Å². The number of carbonyl (C=O) groups excluding carboxylic acids is 1. The number of rotatable bonds is 1. The largest absolute Gasteiger partial charge is 0.441 e. The highest BCUT2D eigenvalue weighted by Crippen LogP contribution is 2.67. The number of aliphatic hydroxyl groups excluding tert-OH is 1. The number of piperidine rings is 1. The lowest BCUT2D eigenvalue weighted by molar-refractivity contribution is -0.0359. The maximum absolute atomic E-state index is 11.6. The average Bonchev–Trinajstić information content (AvgIpc) is 2.73. The Morgan fingerprint density at radius 1 is 1.62 bits per heavy atom. The second kappa shape index (κ2) is 2.38. The number of hydrogen-bond donors (Lipinski definition) is 1. The second-order valence-electron chi connectivity index (χ2n) is 5.27. The molecular formula is C11H15NO4. The maximum Gasteiger partial charge on any atom is 0.410 e. The molecule has 5 atom stereocenters. The minimum Gasteiger partial charge on any atom is -0.441 e. The molecule has 3 aliphatic heterocycles. The first kappa shape index (κ1) is 9.24. The van der Waals surface area contributed by atoms with Crippen molar-refractivity contribution in [1.29, 1.82) is 0 Å². The lowest BCUT2D eigenvalue weighted by Gasteiger charge is -2.32. The molecule has 5 heteroatoms. The van der Waals surface area contributed by atoms with Gasteiger partial charge in [0.05, 0.1) is 0 Å². The molecule has 5 nitrogen and oxygen atoms in total. The van der Waals surface area contributed by atoms with Crippen molar-refractivity contribution in [3.05, 3.63) is 0 Å². The molecule has 4 rings (SSSR count). The van der Waals surface area contributed by atoms with Crippen LogP contribution in [-0.2, 0) is 9.47 Å². The fraction of sp³-hybridized carbons (Fsp3) is 0.909. The summed E-state index contributed by atoms with van der Waals surface area (Å²) in [7, 11) is 0. The van der Waals surface area contributed by atoms with E-state index >= 15 is 0 Å². The number of nitrogens with zero attached hydrogens (tertiary/aromatic N) is 1. The molecule has 0 aromatic carbocycles. The van der Waals surface area contributed by atoms with Crippen LogP contribution in [0.3, 0.4) is 0 Å². The van der Waals surface area contributed by atoms with Gasteiger partial charge in [-0.1, -0.05) is 6.92 Å². The standard InChI is InChI=1S/C11H15NO4/c1-2-10-8(13)6-7-11(10,16-10)4-3-5-12(7)9(14)15-6/h6-8,13H,2-5H2,1H3/t6-,7+,8+,10+,11-/m0/s1. The van der Waals surface area contributed by atoms with Crippen LogP contribution in [0.1, 0.15) is 26.2 Å². The first-order chi connectivity index (χ1) is 7.66. The van der Waals surface area contributed by atoms with Crippen molar-refractivity contribution in [2.45, 2.75) is 55.6 Å². The summed E-state index contributed by atoms with van der Waals surface area (Å²) in [6, 6.07) is -0.0521. The minimum absolute atomic E-state index is 0.0521. The van der Waals surface area contributed by atoms with Crippen molar-refractivity contribution in [3.8, 4) is 0 Å². The van der Waals surface area contributed by atoms with Gasteiger partial charge in [-0.05, 0) is 19.3 Å². The molecule has 3 heterocycles. The van der Waals surface area contributed by atoms with Crippen molar-refractivity contribution >= 4 is 6.09 Å². The van der Waals surface area contributed by atoms with Crippen molar-refractivity contribution in [2.75, 3.05) is 6.54 Å². The Morgan fingerprint density at radius 3 is 3.19 bits per heavy atom. The molecule has 0 aromatic rings. The van der Waals surface area contributed by atoms with E-state index in [0.29, 0.717) is 0 Å². The summed E-state index contributed by atoms with van der Waals surface area (Å²) in [5.41, 5.74) is -0.752. The molecule has 3 saturated heterocycles. The maximum atomic E-state index is 11.6. The molecule has 16 heavy (non-hydrogen) atoms.